The molecule has 1 aliphatic rings. The van der Waals surface area contributed by atoms with Crippen LogP contribution in [-0.4, -0.2) is 23.3 Å². The summed E-state index contributed by atoms with van der Waals surface area (Å²) in [4.78, 5) is 0. The Hall–Kier alpha value is -1.32. The first-order valence-corrected chi connectivity index (χ1v) is 8.17. The number of nitrogens with two attached hydrogens (primary N) is 1. The van der Waals surface area contributed by atoms with Crippen LogP contribution >= 0.6 is 0 Å². The van der Waals surface area contributed by atoms with E-state index in [9.17, 15) is 0 Å². The van der Waals surface area contributed by atoms with Crippen molar-refractivity contribution in [2.75, 3.05) is 6.61 Å². The highest BCUT2D eigenvalue weighted by atomic mass is 16.5. The molecule has 21 heavy (non-hydrogen) atoms. The smallest absolute Gasteiger partial charge is 0.0576 e. The molecule has 0 spiro atoms. The van der Waals surface area contributed by atoms with Crippen molar-refractivity contribution in [1.82, 2.24) is 4.57 Å². The lowest BCUT2D eigenvalue weighted by Gasteiger charge is -2.10. The molecule has 3 nitrogen and oxygen atoms in total. The van der Waals surface area contributed by atoms with Crippen molar-refractivity contribution in [2.45, 2.75) is 57.7 Å². The predicted molar refractivity (Wildman–Crippen MR) is 87.5 cm³/mol. The first-order chi connectivity index (χ1) is 10.2. The van der Waals surface area contributed by atoms with Gasteiger partial charge in [0.25, 0.3) is 0 Å². The van der Waals surface area contributed by atoms with Crippen molar-refractivity contribution in [1.29, 1.82) is 0 Å². The Morgan fingerprint density at radius 2 is 2.29 bits per heavy atom. The third-order valence-corrected chi connectivity index (χ3v) is 4.34. The van der Waals surface area contributed by atoms with Crippen molar-refractivity contribution in [3.8, 4) is 0 Å². The number of nitrogens with zero attached hydrogens (tertiary/aromatic N) is 1. The number of fused-ring (bicyclic) bond motifs is 1. The molecule has 2 unspecified atom stereocenters. The monoisotopic (exact) mass is 286 g/mol. The summed E-state index contributed by atoms with van der Waals surface area (Å²) in [6, 6.07) is 9.15. The fourth-order valence-electron chi connectivity index (χ4n) is 3.30. The van der Waals surface area contributed by atoms with E-state index in [1.54, 1.807) is 0 Å². The minimum atomic E-state index is 0.218. The van der Waals surface area contributed by atoms with Crippen molar-refractivity contribution < 1.29 is 4.74 Å². The fourth-order valence-corrected chi connectivity index (χ4v) is 3.30. The van der Waals surface area contributed by atoms with Crippen LogP contribution in [0, 0.1) is 0 Å². The van der Waals surface area contributed by atoms with Crippen LogP contribution in [0.1, 0.15) is 38.2 Å². The molecule has 2 N–H and O–H groups in total. The molecule has 2 atom stereocenters. The normalized spacial score (nSPS) is 20.2. The molecule has 2 heterocycles. The second kappa shape index (κ2) is 6.63. The molecule has 3 heteroatoms. The average molecular weight is 286 g/mol. The minimum absolute atomic E-state index is 0.218. The first-order valence-electron chi connectivity index (χ1n) is 8.17. The van der Waals surface area contributed by atoms with Gasteiger partial charge in [-0.25, -0.2) is 0 Å². The maximum Gasteiger partial charge on any atom is 0.0576 e. The van der Waals surface area contributed by atoms with Crippen LogP contribution in [0.3, 0.4) is 0 Å². The van der Waals surface area contributed by atoms with E-state index in [0.29, 0.717) is 6.10 Å². The van der Waals surface area contributed by atoms with Crippen LogP contribution in [0.4, 0.5) is 0 Å². The third-order valence-electron chi connectivity index (χ3n) is 4.34. The molecule has 2 aromatic rings. The molecule has 1 aromatic heterocycles. The average Bonchev–Trinajstić information content (AvgIpc) is 3.08. The van der Waals surface area contributed by atoms with Crippen molar-refractivity contribution >= 4 is 10.9 Å². The molecular formula is C18H26N2O. The zero-order chi connectivity index (χ0) is 14.7. The maximum atomic E-state index is 5.88. The van der Waals surface area contributed by atoms with E-state index in [0.717, 1.165) is 19.6 Å². The lowest BCUT2D eigenvalue weighted by atomic mass is 10.1. The van der Waals surface area contributed by atoms with Gasteiger partial charge in [0.05, 0.1) is 6.10 Å². The molecule has 0 amide bonds. The Morgan fingerprint density at radius 1 is 1.38 bits per heavy atom. The van der Waals surface area contributed by atoms with E-state index >= 15 is 0 Å². The van der Waals surface area contributed by atoms with E-state index in [4.69, 9.17) is 10.5 Å². The van der Waals surface area contributed by atoms with Crippen LogP contribution in [-0.2, 0) is 17.7 Å². The molecule has 1 aromatic carbocycles. The van der Waals surface area contributed by atoms with Gasteiger partial charge < -0.3 is 15.0 Å². The Morgan fingerprint density at radius 3 is 3.05 bits per heavy atom. The third kappa shape index (κ3) is 3.66. The number of hydrogen-bond donors (Lipinski definition) is 1. The van der Waals surface area contributed by atoms with Crippen LogP contribution in [0.5, 0.6) is 0 Å². The number of hydrogen-bond acceptors (Lipinski definition) is 2. The van der Waals surface area contributed by atoms with E-state index in [1.165, 1.54) is 42.1 Å². The Bertz CT molecular complexity index is 582. The van der Waals surface area contributed by atoms with E-state index in [2.05, 4.69) is 42.0 Å². The highest BCUT2D eigenvalue weighted by Gasteiger charge is 2.14. The second-order valence-electron chi connectivity index (χ2n) is 6.36. The summed E-state index contributed by atoms with van der Waals surface area (Å²) in [5.74, 6) is 0. The lowest BCUT2D eigenvalue weighted by Crippen LogP contribution is -2.17. The molecule has 0 aliphatic carbocycles. The van der Waals surface area contributed by atoms with Gasteiger partial charge in [-0.2, -0.15) is 0 Å². The first kappa shape index (κ1) is 14.6. The van der Waals surface area contributed by atoms with E-state index in [-0.39, 0.29) is 6.04 Å². The van der Waals surface area contributed by atoms with Crippen LogP contribution in [0.25, 0.3) is 10.9 Å². The van der Waals surface area contributed by atoms with Gasteiger partial charge in [0, 0.05) is 30.9 Å². The predicted octanol–water partition coefficient (Wildman–Crippen LogP) is 3.49. The molecule has 1 aliphatic heterocycles. The number of ether oxygens (including phenoxy) is 1. The van der Waals surface area contributed by atoms with Gasteiger partial charge in [-0.05, 0) is 68.2 Å². The van der Waals surface area contributed by atoms with Gasteiger partial charge in [0.2, 0.25) is 0 Å². The molecule has 0 bridgehead atoms. The second-order valence-corrected chi connectivity index (χ2v) is 6.36. The largest absolute Gasteiger partial charge is 0.378 e. The summed E-state index contributed by atoms with van der Waals surface area (Å²) in [5, 5.41) is 1.32. The number of aryl methyl sites for hydroxylation is 1. The molecule has 1 saturated heterocycles. The van der Waals surface area contributed by atoms with Gasteiger partial charge in [-0.15, -0.1) is 0 Å². The van der Waals surface area contributed by atoms with Crippen molar-refractivity contribution in [3.05, 3.63) is 36.0 Å². The van der Waals surface area contributed by atoms with Gasteiger partial charge >= 0.3 is 0 Å². The Labute approximate surface area is 127 Å². The van der Waals surface area contributed by atoms with Gasteiger partial charge in [-0.1, -0.05) is 6.07 Å². The number of aromatic nitrogens is 1. The van der Waals surface area contributed by atoms with E-state index in [1.807, 2.05) is 0 Å². The molecule has 0 saturated carbocycles. The van der Waals surface area contributed by atoms with Crippen LogP contribution in [0.2, 0.25) is 0 Å². The maximum absolute atomic E-state index is 5.88. The summed E-state index contributed by atoms with van der Waals surface area (Å²) in [7, 11) is 0. The molecular weight excluding hydrogens is 260 g/mol. The van der Waals surface area contributed by atoms with E-state index < -0.39 is 0 Å². The Kier molecular flexibility index (Phi) is 4.61. The lowest BCUT2D eigenvalue weighted by molar-refractivity contribution is 0.101. The molecule has 3 rings (SSSR count). The number of rotatable bonds is 6. The standard InChI is InChI=1S/C18H26N2O/c1-14(19)12-15-6-7-18-16(13-15)8-10-20(18)9-2-4-17-5-3-11-21-17/h6-8,10,13-14,17H,2-5,9,11-12,19H2,1H3. The van der Waals surface area contributed by atoms with Crippen LogP contribution < -0.4 is 5.73 Å². The van der Waals surface area contributed by atoms with Crippen molar-refractivity contribution in [2.24, 2.45) is 5.73 Å². The van der Waals surface area contributed by atoms with Crippen LogP contribution in [0.15, 0.2) is 30.5 Å². The van der Waals surface area contributed by atoms with Gasteiger partial charge in [0.1, 0.15) is 0 Å². The summed E-state index contributed by atoms with van der Waals surface area (Å²) in [6.45, 7) is 4.09. The summed E-state index contributed by atoms with van der Waals surface area (Å²) < 4.78 is 8.05. The fraction of sp³-hybridized carbons (Fsp3) is 0.556. The highest BCUT2D eigenvalue weighted by molar-refractivity contribution is 5.80. The SMILES string of the molecule is CC(N)Cc1ccc2c(ccn2CCCC2CCCO2)c1. The summed E-state index contributed by atoms with van der Waals surface area (Å²) >= 11 is 0. The number of benzene rings is 1. The van der Waals surface area contributed by atoms with Crippen molar-refractivity contribution in [3.63, 3.8) is 0 Å². The topological polar surface area (TPSA) is 40.2 Å². The zero-order valence-electron chi connectivity index (χ0n) is 12.9. The van der Waals surface area contributed by atoms with Gasteiger partial charge in [0.15, 0.2) is 0 Å². The molecule has 114 valence electrons. The minimum Gasteiger partial charge on any atom is -0.378 e. The van der Waals surface area contributed by atoms with Gasteiger partial charge in [-0.3, -0.25) is 0 Å². The summed E-state index contributed by atoms with van der Waals surface area (Å²) in [5.41, 5.74) is 8.54. The quantitative estimate of drug-likeness (QED) is 0.883. The Balaban J connectivity index is 1.62. The summed E-state index contributed by atoms with van der Waals surface area (Å²) in [6.07, 6.45) is 8.51. The molecule has 0 radical (unpaired) electrons. The molecule has 1 fully saturated rings. The highest BCUT2D eigenvalue weighted by Crippen LogP contribution is 2.21. The zero-order valence-corrected chi connectivity index (χ0v) is 12.9.